The Bertz CT molecular complexity index is 349. The number of hydrogen-bond acceptors (Lipinski definition) is 3. The minimum atomic E-state index is -0.341. The van der Waals surface area contributed by atoms with Crippen LogP contribution < -0.4 is 5.32 Å². The molecular weight excluding hydrogens is 254 g/mol. The van der Waals surface area contributed by atoms with Crippen molar-refractivity contribution in [2.75, 3.05) is 20.1 Å². The Kier molecular flexibility index (Phi) is 4.17. The van der Waals surface area contributed by atoms with E-state index in [2.05, 4.69) is 17.3 Å². The summed E-state index contributed by atoms with van der Waals surface area (Å²) in [6, 6.07) is 1.61. The van der Waals surface area contributed by atoms with Gasteiger partial charge in [0.1, 0.15) is 0 Å². The summed E-state index contributed by atoms with van der Waals surface area (Å²) in [5.41, 5.74) is 0. The van der Waals surface area contributed by atoms with Gasteiger partial charge in [-0.3, -0.25) is 0 Å². The van der Waals surface area contributed by atoms with Crippen molar-refractivity contribution in [1.29, 1.82) is 0 Å². The molecule has 0 radical (unpaired) electrons. The Morgan fingerprint density at radius 1 is 1.15 bits per heavy atom. The molecule has 2 amide bonds. The second kappa shape index (κ2) is 5.90. The summed E-state index contributed by atoms with van der Waals surface area (Å²) in [4.78, 5) is 16.6. The number of fused-ring (bicyclic) bond motifs is 2. The predicted octanol–water partition coefficient (Wildman–Crippen LogP) is 1.17. The van der Waals surface area contributed by atoms with Crippen molar-refractivity contribution in [3.05, 3.63) is 0 Å². The molecule has 3 fully saturated rings. The molecule has 114 valence electrons. The van der Waals surface area contributed by atoms with Crippen LogP contribution in [0.2, 0.25) is 0 Å². The van der Waals surface area contributed by atoms with Crippen LogP contribution in [0.5, 0.6) is 0 Å². The van der Waals surface area contributed by atoms with Crippen LogP contribution >= 0.6 is 0 Å². The summed E-state index contributed by atoms with van der Waals surface area (Å²) in [7, 11) is 2.23. The fourth-order valence-electron chi connectivity index (χ4n) is 4.14. The SMILES string of the molecule is CN1[C@H]2CCC[C@H]1CC(NC(=O)N1CCC[C@H](O)C1)C2. The van der Waals surface area contributed by atoms with Crippen LogP contribution in [0.3, 0.4) is 0 Å². The van der Waals surface area contributed by atoms with Crippen molar-refractivity contribution in [2.45, 2.75) is 69.2 Å². The highest BCUT2D eigenvalue weighted by Gasteiger charge is 2.37. The molecule has 3 saturated heterocycles. The van der Waals surface area contributed by atoms with Gasteiger partial charge in [-0.25, -0.2) is 4.79 Å². The van der Waals surface area contributed by atoms with Crippen LogP contribution in [0, 0.1) is 0 Å². The summed E-state index contributed by atoms with van der Waals surface area (Å²) in [5.74, 6) is 0. The highest BCUT2D eigenvalue weighted by atomic mass is 16.3. The number of rotatable bonds is 1. The number of carbonyl (C=O) groups excluding carboxylic acids is 1. The summed E-state index contributed by atoms with van der Waals surface area (Å²) in [5, 5.41) is 12.9. The molecule has 3 atom stereocenters. The van der Waals surface area contributed by atoms with Crippen LogP contribution in [-0.4, -0.2) is 65.3 Å². The number of carbonyl (C=O) groups is 1. The quantitative estimate of drug-likeness (QED) is 0.758. The molecule has 0 aliphatic carbocycles. The Balaban J connectivity index is 1.54. The fraction of sp³-hybridized carbons (Fsp3) is 0.933. The van der Waals surface area contributed by atoms with E-state index in [0.29, 0.717) is 24.7 Å². The lowest BCUT2D eigenvalue weighted by Crippen LogP contribution is -2.57. The van der Waals surface area contributed by atoms with Crippen molar-refractivity contribution in [1.82, 2.24) is 15.1 Å². The molecule has 3 aliphatic rings. The maximum Gasteiger partial charge on any atom is 0.317 e. The number of amides is 2. The molecule has 5 heteroatoms. The van der Waals surface area contributed by atoms with Gasteiger partial charge < -0.3 is 20.2 Å². The van der Waals surface area contributed by atoms with Gasteiger partial charge in [0.2, 0.25) is 0 Å². The average Bonchev–Trinajstić information content (AvgIpc) is 2.40. The number of nitrogens with zero attached hydrogens (tertiary/aromatic N) is 2. The van der Waals surface area contributed by atoms with Crippen LogP contribution in [0.15, 0.2) is 0 Å². The van der Waals surface area contributed by atoms with E-state index in [0.717, 1.165) is 32.2 Å². The van der Waals surface area contributed by atoms with Gasteiger partial charge in [-0.05, 0) is 45.6 Å². The Hall–Kier alpha value is -0.810. The van der Waals surface area contributed by atoms with E-state index in [1.807, 2.05) is 0 Å². The molecule has 0 aromatic carbocycles. The van der Waals surface area contributed by atoms with Crippen molar-refractivity contribution in [2.24, 2.45) is 0 Å². The van der Waals surface area contributed by atoms with E-state index in [1.165, 1.54) is 19.3 Å². The maximum absolute atomic E-state index is 12.3. The van der Waals surface area contributed by atoms with Gasteiger partial charge in [0.05, 0.1) is 6.10 Å². The number of aliphatic hydroxyl groups excluding tert-OH is 1. The second-order valence-electron chi connectivity index (χ2n) is 6.76. The van der Waals surface area contributed by atoms with Gasteiger partial charge in [0, 0.05) is 31.2 Å². The second-order valence-corrected chi connectivity index (χ2v) is 6.76. The molecule has 0 aromatic rings. The van der Waals surface area contributed by atoms with E-state index in [1.54, 1.807) is 4.90 Å². The van der Waals surface area contributed by atoms with Gasteiger partial charge in [-0.2, -0.15) is 0 Å². The molecular formula is C15H27N3O2. The molecule has 3 aliphatic heterocycles. The van der Waals surface area contributed by atoms with Crippen molar-refractivity contribution < 1.29 is 9.90 Å². The zero-order valence-corrected chi connectivity index (χ0v) is 12.4. The molecule has 0 unspecified atom stereocenters. The Morgan fingerprint density at radius 3 is 2.50 bits per heavy atom. The number of β-amino-alcohol motifs (C(OH)–C–C–N with tert-alkyl or cyclic N) is 1. The zero-order valence-electron chi connectivity index (χ0n) is 12.4. The lowest BCUT2D eigenvalue weighted by atomic mass is 9.82. The number of likely N-dealkylation sites (tertiary alicyclic amines) is 1. The Morgan fingerprint density at radius 2 is 1.85 bits per heavy atom. The standard InChI is InChI=1S/C15H27N3O2/c1-17-12-4-2-5-13(17)9-11(8-12)16-15(20)18-7-3-6-14(19)10-18/h11-14,19H,2-10H2,1H3,(H,16,20)/t12-,13-,14-/m0/s1. The maximum atomic E-state index is 12.3. The third-order valence-corrected chi connectivity index (χ3v) is 5.35. The molecule has 5 nitrogen and oxygen atoms in total. The monoisotopic (exact) mass is 281 g/mol. The number of urea groups is 1. The molecule has 0 spiro atoms. The van der Waals surface area contributed by atoms with Gasteiger partial charge in [-0.15, -0.1) is 0 Å². The molecule has 3 rings (SSSR count). The van der Waals surface area contributed by atoms with Crippen molar-refractivity contribution >= 4 is 6.03 Å². The predicted molar refractivity (Wildman–Crippen MR) is 77.6 cm³/mol. The zero-order chi connectivity index (χ0) is 14.1. The lowest BCUT2D eigenvalue weighted by molar-refractivity contribution is 0.0460. The fourth-order valence-corrected chi connectivity index (χ4v) is 4.14. The topological polar surface area (TPSA) is 55.8 Å². The number of nitrogens with one attached hydrogen (secondary N) is 1. The number of aliphatic hydroxyl groups is 1. The molecule has 3 heterocycles. The molecule has 0 saturated carbocycles. The highest BCUT2D eigenvalue weighted by molar-refractivity contribution is 5.74. The molecule has 2 bridgehead atoms. The lowest BCUT2D eigenvalue weighted by Gasteiger charge is -2.47. The van der Waals surface area contributed by atoms with Gasteiger partial charge >= 0.3 is 6.03 Å². The minimum absolute atomic E-state index is 0.0244. The third-order valence-electron chi connectivity index (χ3n) is 5.35. The summed E-state index contributed by atoms with van der Waals surface area (Å²) in [6.07, 6.45) is 7.41. The van der Waals surface area contributed by atoms with Gasteiger partial charge in [-0.1, -0.05) is 6.42 Å². The summed E-state index contributed by atoms with van der Waals surface area (Å²) >= 11 is 0. The van der Waals surface area contributed by atoms with Gasteiger partial charge in [0.25, 0.3) is 0 Å². The number of piperidine rings is 3. The van der Waals surface area contributed by atoms with Crippen LogP contribution in [0.1, 0.15) is 44.9 Å². The van der Waals surface area contributed by atoms with Gasteiger partial charge in [0.15, 0.2) is 0 Å². The van der Waals surface area contributed by atoms with Crippen molar-refractivity contribution in [3.63, 3.8) is 0 Å². The van der Waals surface area contributed by atoms with E-state index >= 15 is 0 Å². The van der Waals surface area contributed by atoms with Crippen LogP contribution in [0.4, 0.5) is 4.79 Å². The van der Waals surface area contributed by atoms with E-state index in [9.17, 15) is 9.90 Å². The summed E-state index contributed by atoms with van der Waals surface area (Å²) < 4.78 is 0. The first-order valence-corrected chi connectivity index (χ1v) is 8.09. The minimum Gasteiger partial charge on any atom is -0.391 e. The first kappa shape index (κ1) is 14.1. The van der Waals surface area contributed by atoms with Crippen LogP contribution in [0.25, 0.3) is 0 Å². The van der Waals surface area contributed by atoms with Crippen LogP contribution in [-0.2, 0) is 0 Å². The smallest absolute Gasteiger partial charge is 0.317 e. The van der Waals surface area contributed by atoms with E-state index in [-0.39, 0.29) is 12.1 Å². The van der Waals surface area contributed by atoms with E-state index < -0.39 is 0 Å². The first-order chi connectivity index (χ1) is 9.63. The molecule has 20 heavy (non-hydrogen) atoms. The normalized spacial score (nSPS) is 38.6. The number of hydrogen-bond donors (Lipinski definition) is 2. The third kappa shape index (κ3) is 2.93. The van der Waals surface area contributed by atoms with Crippen molar-refractivity contribution in [3.8, 4) is 0 Å². The average molecular weight is 281 g/mol. The largest absolute Gasteiger partial charge is 0.391 e. The highest BCUT2D eigenvalue weighted by Crippen LogP contribution is 2.32. The van der Waals surface area contributed by atoms with E-state index in [4.69, 9.17) is 0 Å². The molecule has 0 aromatic heterocycles. The summed E-state index contributed by atoms with van der Waals surface area (Å²) in [6.45, 7) is 1.27. The Labute approximate surface area is 121 Å². The molecule has 2 N–H and O–H groups in total. The first-order valence-electron chi connectivity index (χ1n) is 8.09.